The maximum atomic E-state index is 14.3. The predicted molar refractivity (Wildman–Crippen MR) is 312 cm³/mol. The number of hydrogen-bond donors (Lipinski definition) is 9. The molecule has 9 N–H and O–H groups in total. The van der Waals surface area contributed by atoms with Crippen LogP contribution >= 0.6 is 12.2 Å². The van der Waals surface area contributed by atoms with Gasteiger partial charge in [0.15, 0.2) is 10.9 Å². The van der Waals surface area contributed by atoms with E-state index in [4.69, 9.17) is 21.7 Å². The number of rotatable bonds is 23. The number of carbonyl (C=O) groups excluding carboxylic acids is 6. The van der Waals surface area contributed by atoms with Crippen LogP contribution in [0.25, 0.3) is 5.57 Å². The van der Waals surface area contributed by atoms with Gasteiger partial charge in [-0.1, -0.05) is 91.3 Å². The Morgan fingerprint density at radius 1 is 0.823 bits per heavy atom. The van der Waals surface area contributed by atoms with Crippen LogP contribution in [-0.4, -0.2) is 112 Å². The Hall–Kier alpha value is -7.72. The lowest BCUT2D eigenvalue weighted by Crippen LogP contribution is -2.51. The van der Waals surface area contributed by atoms with Crippen LogP contribution in [0.4, 0.5) is 11.4 Å². The molecule has 5 unspecified atom stereocenters. The van der Waals surface area contributed by atoms with Crippen LogP contribution < -0.4 is 36.6 Å². The van der Waals surface area contributed by atoms with Gasteiger partial charge in [-0.15, -0.1) is 0 Å². The number of ketones is 1. The Labute approximate surface area is 471 Å². The number of benzene rings is 2. The number of non-ortho nitro benzene ring substituents is 1. The number of carbonyl (C=O) groups is 7. The molecule has 0 bridgehead atoms. The number of nitro groups is 1. The number of ether oxygens (including phenoxy) is 2. The largest absolute Gasteiger partial charge is 0.508 e. The summed E-state index contributed by atoms with van der Waals surface area (Å²) >= 11 is 5.53. The van der Waals surface area contributed by atoms with Crippen molar-refractivity contribution in [2.24, 2.45) is 22.2 Å². The first-order chi connectivity index (χ1) is 34.3. The number of allylic oxidation sites excluding steroid dienone is 4. The number of fused-ring (bicyclic) bond motifs is 2. The average Bonchev–Trinajstić information content (AvgIpc) is 3.33. The SMILES string of the molecule is C.C.C.C.C.C.CCC(C)(CC(C)(CC(C)(C)C(=O)NCC(C)O)C(=O)NCCCNC(=S)Nc1ccc(C2=C3C=CC(=O)C=C3OC3C=C(O)C=CC23)c(C(=O)O)c1)C(=O)NCC(=O)NCC(=O)Oc1ccc([N+](=O)[O-])cc1. The molecule has 5 atom stereocenters. The minimum absolute atomic E-state index is 0. The number of esters is 1. The van der Waals surface area contributed by atoms with Crippen LogP contribution in [-0.2, 0) is 33.5 Å². The molecular formula is C57H85N7O14S. The number of hydrogen-bond acceptors (Lipinski definition) is 14. The summed E-state index contributed by atoms with van der Waals surface area (Å²) in [5.74, 6) is -4.74. The van der Waals surface area contributed by atoms with Crippen LogP contribution in [0.5, 0.6) is 5.75 Å². The van der Waals surface area contributed by atoms with Crippen molar-refractivity contribution in [1.82, 2.24) is 26.6 Å². The molecular weight excluding hydrogens is 1040 g/mol. The molecule has 21 nitrogen and oxygen atoms in total. The van der Waals surface area contributed by atoms with Crippen molar-refractivity contribution >= 4 is 75.6 Å². The van der Waals surface area contributed by atoms with E-state index in [2.05, 4.69) is 31.9 Å². The van der Waals surface area contributed by atoms with E-state index in [-0.39, 0.29) is 123 Å². The summed E-state index contributed by atoms with van der Waals surface area (Å²) in [6.07, 6.45) is 7.98. The van der Waals surface area contributed by atoms with Crippen molar-refractivity contribution in [1.29, 1.82) is 0 Å². The smallest absolute Gasteiger partial charge is 0.336 e. The van der Waals surface area contributed by atoms with Crippen LogP contribution in [0.15, 0.2) is 96.0 Å². The van der Waals surface area contributed by atoms with E-state index in [1.807, 2.05) is 0 Å². The van der Waals surface area contributed by atoms with Gasteiger partial charge in [-0.3, -0.25) is 34.1 Å². The Morgan fingerprint density at radius 3 is 2.06 bits per heavy atom. The summed E-state index contributed by atoms with van der Waals surface area (Å²) in [6, 6.07) is 9.50. The number of nitrogens with one attached hydrogen (secondary N) is 6. The van der Waals surface area contributed by atoms with E-state index >= 15 is 0 Å². The molecule has 2 aromatic rings. The highest BCUT2D eigenvalue weighted by Gasteiger charge is 2.48. The molecule has 0 saturated heterocycles. The summed E-state index contributed by atoms with van der Waals surface area (Å²) in [5, 5.41) is 58.1. The summed E-state index contributed by atoms with van der Waals surface area (Å²) < 4.78 is 11.1. The normalized spacial score (nSPS) is 16.5. The molecule has 5 rings (SSSR count). The van der Waals surface area contributed by atoms with Crippen LogP contribution in [0.3, 0.4) is 0 Å². The van der Waals surface area contributed by atoms with Crippen molar-refractivity contribution in [2.75, 3.05) is 38.0 Å². The van der Waals surface area contributed by atoms with Crippen molar-refractivity contribution in [3.8, 4) is 5.75 Å². The summed E-state index contributed by atoms with van der Waals surface area (Å²) in [7, 11) is 0. The molecule has 1 aliphatic heterocycles. The van der Waals surface area contributed by atoms with E-state index < -0.39 is 88.0 Å². The van der Waals surface area contributed by atoms with Crippen molar-refractivity contribution in [3.63, 3.8) is 0 Å². The predicted octanol–water partition coefficient (Wildman–Crippen LogP) is 8.27. The quantitative estimate of drug-likeness (QED) is 0.0126. The zero-order valence-electron chi connectivity index (χ0n) is 41.3. The Kier molecular flexibility index (Phi) is 29.4. The highest BCUT2D eigenvalue weighted by atomic mass is 32.1. The monoisotopic (exact) mass is 1120 g/mol. The molecule has 2 aliphatic carbocycles. The Bertz CT molecular complexity index is 2700. The fourth-order valence-electron chi connectivity index (χ4n) is 8.79. The number of aliphatic hydroxyl groups excluding tert-OH is 2. The number of amides is 4. The molecule has 3 aliphatic rings. The first kappa shape index (κ1) is 73.4. The van der Waals surface area contributed by atoms with Gasteiger partial charge in [0.05, 0.1) is 23.1 Å². The van der Waals surface area contributed by atoms with Crippen LogP contribution in [0, 0.1) is 32.3 Å². The van der Waals surface area contributed by atoms with Gasteiger partial charge in [0.1, 0.15) is 29.9 Å². The van der Waals surface area contributed by atoms with E-state index in [0.29, 0.717) is 28.8 Å². The summed E-state index contributed by atoms with van der Waals surface area (Å²) in [6.45, 7) is 9.15. The van der Waals surface area contributed by atoms with E-state index in [9.17, 15) is 59.0 Å². The molecule has 2 aromatic carbocycles. The minimum atomic E-state index is -1.35. The maximum Gasteiger partial charge on any atom is 0.336 e. The number of anilines is 1. The summed E-state index contributed by atoms with van der Waals surface area (Å²) in [4.78, 5) is 102. The number of carboxylic acids is 1. The van der Waals surface area contributed by atoms with Gasteiger partial charge < -0.3 is 56.7 Å². The van der Waals surface area contributed by atoms with Crippen molar-refractivity contribution in [2.45, 2.75) is 124 Å². The number of carboxylic acid groups (broad SMARTS) is 1. The zero-order chi connectivity index (χ0) is 53.8. The van der Waals surface area contributed by atoms with Gasteiger partial charge >= 0.3 is 11.9 Å². The van der Waals surface area contributed by atoms with Gasteiger partial charge in [0.25, 0.3) is 5.69 Å². The molecule has 0 aromatic heterocycles. The first-order valence-electron chi connectivity index (χ1n) is 23.5. The van der Waals surface area contributed by atoms with Gasteiger partial charge in [-0.25, -0.2) is 9.59 Å². The fourth-order valence-corrected chi connectivity index (χ4v) is 9.01. The zero-order valence-corrected chi connectivity index (χ0v) is 42.1. The third-order valence-electron chi connectivity index (χ3n) is 12.5. The third-order valence-corrected chi connectivity index (χ3v) is 12.8. The van der Waals surface area contributed by atoms with E-state index in [0.717, 1.165) is 12.1 Å². The highest BCUT2D eigenvalue weighted by molar-refractivity contribution is 7.80. The first-order valence-corrected chi connectivity index (χ1v) is 23.9. The molecule has 0 fully saturated rings. The lowest BCUT2D eigenvalue weighted by Gasteiger charge is -2.41. The lowest BCUT2D eigenvalue weighted by molar-refractivity contribution is -0.384. The Balaban J connectivity index is 0. The third kappa shape index (κ3) is 19.6. The molecule has 0 saturated carbocycles. The van der Waals surface area contributed by atoms with Gasteiger partial charge in [-0.2, -0.15) is 0 Å². The second-order valence-electron chi connectivity index (χ2n) is 19.1. The van der Waals surface area contributed by atoms with Gasteiger partial charge in [0, 0.05) is 71.3 Å². The number of nitro benzene ring substituents is 1. The van der Waals surface area contributed by atoms with Crippen molar-refractivity contribution in [3.05, 3.63) is 117 Å². The molecule has 22 heteroatoms. The highest BCUT2D eigenvalue weighted by Crippen LogP contribution is 2.46. The Morgan fingerprint density at radius 2 is 1.46 bits per heavy atom. The van der Waals surface area contributed by atoms with Crippen LogP contribution in [0.1, 0.15) is 128 Å². The average molecular weight is 1120 g/mol. The van der Waals surface area contributed by atoms with E-state index in [1.165, 1.54) is 49.4 Å². The number of nitrogens with zero attached hydrogens (tertiary/aromatic N) is 1. The molecule has 0 spiro atoms. The van der Waals surface area contributed by atoms with Crippen LogP contribution in [0.2, 0.25) is 0 Å². The fraction of sp³-hybridized carbons (Fsp3) is 0.474. The standard InChI is InChI=1S/C51H61N7O14S.6CH4/c1-7-50(5,46(67)56-25-41(62)54-26-42(63)71-34-14-10-31(11-15-34)58(69)70)28-51(6,27-49(3,4)45(66)55-24-29(2)59)47(68)52-19-8-20-53-48(73)57-30-9-16-35(38(21-30)44(64)65)43-36-17-12-32(60)22-39(36)72-40-23-33(61)13-18-37(40)43;;;;;;/h9-18,21-23,29,36,39,59-60H,7-8,19-20,24-28H2,1-6H3,(H,52,68)(H,54,62)(H,55,66)(H,56,67)(H,64,65)(H2,53,57,73);6*1H4. The number of aromatic carboxylic acids is 1. The second-order valence-corrected chi connectivity index (χ2v) is 19.6. The molecule has 1 heterocycles. The van der Waals surface area contributed by atoms with Crippen molar-refractivity contribution < 1.29 is 63.3 Å². The molecule has 4 amide bonds. The van der Waals surface area contributed by atoms with E-state index in [1.54, 1.807) is 58.9 Å². The van der Waals surface area contributed by atoms with Gasteiger partial charge in [-0.05, 0) is 105 Å². The maximum absolute atomic E-state index is 14.3. The minimum Gasteiger partial charge on any atom is -0.508 e. The topological polar surface area (TPSA) is 314 Å². The summed E-state index contributed by atoms with van der Waals surface area (Å²) in [5.41, 5.74) is -2.14. The number of aliphatic hydroxyl groups is 2. The lowest BCUT2D eigenvalue weighted by atomic mass is 9.64. The second kappa shape index (κ2) is 31.6. The molecule has 79 heavy (non-hydrogen) atoms. The molecule has 438 valence electrons. The molecule has 0 radical (unpaired) electrons. The van der Waals surface area contributed by atoms with Gasteiger partial charge in [0.2, 0.25) is 23.6 Å². The number of thiocarbonyl (C=S) groups is 1.